The lowest BCUT2D eigenvalue weighted by atomic mass is 9.79. The molecule has 2 aromatic heterocycles. The van der Waals surface area contributed by atoms with Gasteiger partial charge in [0, 0.05) is 35.6 Å². The maximum absolute atomic E-state index is 4.66. The van der Waals surface area contributed by atoms with Gasteiger partial charge in [0.1, 0.15) is 0 Å². The van der Waals surface area contributed by atoms with Crippen LogP contribution in [0.15, 0.2) is 47.3 Å². The minimum Gasteiger partial charge on any atom is -0.298 e. The summed E-state index contributed by atoms with van der Waals surface area (Å²) >= 11 is 1.72. The molecule has 0 N–H and O–H groups in total. The van der Waals surface area contributed by atoms with E-state index in [1.165, 1.54) is 24.1 Å². The van der Waals surface area contributed by atoms with Gasteiger partial charge in [-0.2, -0.15) is 11.3 Å². The summed E-state index contributed by atoms with van der Waals surface area (Å²) in [6.45, 7) is 3.48. The van der Waals surface area contributed by atoms with Crippen LogP contribution in [-0.4, -0.2) is 29.5 Å². The van der Waals surface area contributed by atoms with Crippen molar-refractivity contribution >= 4 is 11.3 Å². The van der Waals surface area contributed by atoms with Crippen molar-refractivity contribution in [3.8, 4) is 11.3 Å². The third-order valence-electron chi connectivity index (χ3n) is 4.34. The highest BCUT2D eigenvalue weighted by Crippen LogP contribution is 2.38. The van der Waals surface area contributed by atoms with Gasteiger partial charge >= 0.3 is 0 Å². The molecule has 4 heterocycles. The Morgan fingerprint density at radius 3 is 3.05 bits per heavy atom. The molecule has 1 saturated heterocycles. The first kappa shape index (κ1) is 11.4. The fraction of sp³-hybridized carbons (Fsp3) is 0.312. The third kappa shape index (κ3) is 1.85. The quantitative estimate of drug-likeness (QED) is 0.777. The van der Waals surface area contributed by atoms with E-state index < -0.39 is 0 Å². The summed E-state index contributed by atoms with van der Waals surface area (Å²) in [5.41, 5.74) is 3.89. The van der Waals surface area contributed by atoms with E-state index in [1.807, 2.05) is 0 Å². The normalized spacial score (nSPS) is 28.7. The Kier molecular flexibility index (Phi) is 2.57. The zero-order valence-electron chi connectivity index (χ0n) is 10.7. The number of pyridine rings is 1. The Bertz CT molecular complexity index is 600. The number of nitrogens with zero attached hydrogens (tertiary/aromatic N) is 2. The fourth-order valence-electron chi connectivity index (χ4n) is 3.24. The van der Waals surface area contributed by atoms with Gasteiger partial charge in [-0.3, -0.25) is 9.88 Å². The van der Waals surface area contributed by atoms with Crippen LogP contribution in [0.1, 0.15) is 12.0 Å². The molecule has 19 heavy (non-hydrogen) atoms. The molecule has 2 nitrogen and oxygen atoms in total. The molecular weight excluding hydrogens is 252 g/mol. The third-order valence-corrected chi connectivity index (χ3v) is 5.02. The first-order valence-corrected chi connectivity index (χ1v) is 7.69. The molecule has 0 spiro atoms. The van der Waals surface area contributed by atoms with Crippen molar-refractivity contribution in [2.45, 2.75) is 11.8 Å². The van der Waals surface area contributed by atoms with Crippen molar-refractivity contribution in [3.63, 3.8) is 0 Å². The van der Waals surface area contributed by atoms with E-state index in [2.05, 4.69) is 57.2 Å². The maximum atomic E-state index is 4.66. The molecule has 2 atom stereocenters. The molecule has 0 radical (unpaired) electrons. The van der Waals surface area contributed by atoms with Gasteiger partial charge in [-0.25, -0.2) is 0 Å². The maximum Gasteiger partial charge on any atom is 0.0710 e. The van der Waals surface area contributed by atoms with Crippen LogP contribution in [-0.2, 0) is 5.41 Å². The highest BCUT2D eigenvalue weighted by atomic mass is 32.1. The van der Waals surface area contributed by atoms with Crippen LogP contribution in [0.5, 0.6) is 0 Å². The van der Waals surface area contributed by atoms with Crippen molar-refractivity contribution in [1.29, 1.82) is 0 Å². The molecule has 3 heteroatoms. The second-order valence-corrected chi connectivity index (χ2v) is 6.27. The van der Waals surface area contributed by atoms with Gasteiger partial charge in [-0.15, -0.1) is 0 Å². The molecule has 4 rings (SSSR count). The molecule has 2 aliphatic rings. The van der Waals surface area contributed by atoms with Gasteiger partial charge in [0.2, 0.25) is 0 Å². The van der Waals surface area contributed by atoms with Crippen molar-refractivity contribution in [3.05, 3.63) is 52.9 Å². The fourth-order valence-corrected chi connectivity index (χ4v) is 3.88. The van der Waals surface area contributed by atoms with Gasteiger partial charge in [0.05, 0.1) is 5.69 Å². The van der Waals surface area contributed by atoms with Crippen LogP contribution in [0.4, 0.5) is 0 Å². The number of thiophene rings is 1. The average molecular weight is 268 g/mol. The summed E-state index contributed by atoms with van der Waals surface area (Å²) in [4.78, 5) is 7.18. The standard InChI is InChI=1S/C16H16N2S/c1-5-16(6-8-18(7-1)12-16)14-2-3-15(17-10-14)13-4-9-19-11-13/h1-5,9-11H,6-8,12H2. The summed E-state index contributed by atoms with van der Waals surface area (Å²) in [6.07, 6.45) is 8.01. The van der Waals surface area contributed by atoms with Gasteiger partial charge in [-0.1, -0.05) is 18.2 Å². The number of aromatic nitrogens is 1. The van der Waals surface area contributed by atoms with Crippen molar-refractivity contribution in [2.24, 2.45) is 0 Å². The predicted molar refractivity (Wildman–Crippen MR) is 79.4 cm³/mol. The number of fused-ring (bicyclic) bond motifs is 2. The number of hydrogen-bond donors (Lipinski definition) is 0. The Morgan fingerprint density at radius 1 is 1.26 bits per heavy atom. The molecule has 1 fully saturated rings. The molecule has 0 saturated carbocycles. The summed E-state index contributed by atoms with van der Waals surface area (Å²) in [7, 11) is 0. The highest BCUT2D eigenvalue weighted by Gasteiger charge is 2.39. The van der Waals surface area contributed by atoms with Gasteiger partial charge in [0.25, 0.3) is 0 Å². The largest absolute Gasteiger partial charge is 0.298 e. The van der Waals surface area contributed by atoms with Crippen molar-refractivity contribution < 1.29 is 0 Å². The second kappa shape index (κ2) is 4.29. The molecule has 0 aromatic carbocycles. The molecule has 96 valence electrons. The van der Waals surface area contributed by atoms with E-state index in [1.54, 1.807) is 11.3 Å². The second-order valence-electron chi connectivity index (χ2n) is 5.49. The lowest BCUT2D eigenvalue weighted by Gasteiger charge is -2.29. The van der Waals surface area contributed by atoms with Crippen molar-refractivity contribution in [1.82, 2.24) is 9.88 Å². The summed E-state index contributed by atoms with van der Waals surface area (Å²) < 4.78 is 0. The van der Waals surface area contributed by atoms with Crippen LogP contribution < -0.4 is 0 Å². The highest BCUT2D eigenvalue weighted by molar-refractivity contribution is 7.08. The topological polar surface area (TPSA) is 16.1 Å². The molecule has 0 aliphatic carbocycles. The minimum atomic E-state index is 0.221. The monoisotopic (exact) mass is 268 g/mol. The summed E-state index contributed by atoms with van der Waals surface area (Å²) in [5.74, 6) is 0. The molecule has 2 aromatic rings. The lowest BCUT2D eigenvalue weighted by Crippen LogP contribution is -2.33. The molecular formula is C16H16N2S. The zero-order valence-corrected chi connectivity index (χ0v) is 11.6. The smallest absolute Gasteiger partial charge is 0.0710 e. The van der Waals surface area contributed by atoms with Crippen LogP contribution in [0.2, 0.25) is 0 Å². The van der Waals surface area contributed by atoms with Crippen LogP contribution >= 0.6 is 11.3 Å². The van der Waals surface area contributed by atoms with Crippen LogP contribution in [0.25, 0.3) is 11.3 Å². The van der Waals surface area contributed by atoms with Crippen LogP contribution in [0.3, 0.4) is 0 Å². The lowest BCUT2D eigenvalue weighted by molar-refractivity contribution is 0.345. The molecule has 2 aliphatic heterocycles. The predicted octanol–water partition coefficient (Wildman–Crippen LogP) is 3.32. The number of rotatable bonds is 2. The molecule has 0 amide bonds. The van der Waals surface area contributed by atoms with Gasteiger partial charge < -0.3 is 0 Å². The number of hydrogen-bond acceptors (Lipinski definition) is 3. The van der Waals surface area contributed by atoms with Crippen LogP contribution in [0, 0.1) is 0 Å². The average Bonchev–Trinajstić information content (AvgIpc) is 3.09. The Labute approximate surface area is 117 Å². The Hall–Kier alpha value is -1.45. The SMILES string of the molecule is C1=CC2(c3ccc(-c4ccsc4)nc3)CCN(C1)C2. The van der Waals surface area contributed by atoms with E-state index in [0.29, 0.717) is 0 Å². The Balaban J connectivity index is 1.70. The van der Waals surface area contributed by atoms with Gasteiger partial charge in [-0.05, 0) is 36.0 Å². The molecule has 2 unspecified atom stereocenters. The molecule has 2 bridgehead atoms. The van der Waals surface area contributed by atoms with Crippen molar-refractivity contribution in [2.75, 3.05) is 19.6 Å². The van der Waals surface area contributed by atoms with E-state index in [4.69, 9.17) is 0 Å². The van der Waals surface area contributed by atoms with E-state index >= 15 is 0 Å². The Morgan fingerprint density at radius 2 is 2.26 bits per heavy atom. The van der Waals surface area contributed by atoms with E-state index in [9.17, 15) is 0 Å². The first-order chi connectivity index (χ1) is 9.36. The minimum absolute atomic E-state index is 0.221. The van der Waals surface area contributed by atoms with Gasteiger partial charge in [0.15, 0.2) is 0 Å². The zero-order chi connectivity index (χ0) is 12.7. The van der Waals surface area contributed by atoms with E-state index in [0.717, 1.165) is 18.8 Å². The summed E-state index contributed by atoms with van der Waals surface area (Å²) in [5, 5.41) is 4.25. The van der Waals surface area contributed by atoms with E-state index in [-0.39, 0.29) is 5.41 Å². The first-order valence-electron chi connectivity index (χ1n) is 6.75. The summed E-state index contributed by atoms with van der Waals surface area (Å²) in [6, 6.07) is 6.55.